The van der Waals surface area contributed by atoms with Crippen molar-refractivity contribution in [3.8, 4) is 0 Å². The number of para-hydroxylation sites is 1. The van der Waals surface area contributed by atoms with Crippen LogP contribution in [0, 0.1) is 0 Å². The van der Waals surface area contributed by atoms with Gasteiger partial charge in [-0.1, -0.05) is 60.7 Å². The second-order valence-electron chi connectivity index (χ2n) is 6.67. The molecule has 0 aliphatic heterocycles. The summed E-state index contributed by atoms with van der Waals surface area (Å²) in [4.78, 5) is 17.1. The second kappa shape index (κ2) is 11.0. The quantitative estimate of drug-likeness (QED) is 0.250. The fourth-order valence-electron chi connectivity index (χ4n) is 2.75. The highest BCUT2D eigenvalue weighted by Gasteiger charge is 2.09. The molecule has 0 heterocycles. The Morgan fingerprint density at radius 2 is 1.70 bits per heavy atom. The minimum Gasteiger partial charge on any atom is -0.423 e. The number of amides is 1. The van der Waals surface area contributed by atoms with Crippen molar-refractivity contribution in [3.63, 3.8) is 0 Å². The lowest BCUT2D eigenvalue weighted by atomic mass is 9.80. The van der Waals surface area contributed by atoms with Crippen LogP contribution >= 0.6 is 0 Å². The molecule has 0 aliphatic carbocycles. The maximum absolute atomic E-state index is 11.9. The van der Waals surface area contributed by atoms with Crippen molar-refractivity contribution in [2.75, 3.05) is 5.32 Å². The molecule has 0 unspecified atom stereocenters. The summed E-state index contributed by atoms with van der Waals surface area (Å²) >= 11 is 0. The SMILES string of the molecule is O=C(/C=C/c1cccc(CNc2ccccc2)c1)NOCc1ccc(B(O)O)cc1. The van der Waals surface area contributed by atoms with Crippen LogP contribution in [0.25, 0.3) is 6.08 Å². The number of nitrogens with one attached hydrogen (secondary N) is 2. The highest BCUT2D eigenvalue weighted by atomic mass is 16.6. The third-order valence-electron chi connectivity index (χ3n) is 4.34. The molecule has 0 atom stereocenters. The number of rotatable bonds is 9. The predicted octanol–water partition coefficient (Wildman–Crippen LogP) is 2.24. The molecular formula is C23H23BN2O4. The van der Waals surface area contributed by atoms with Crippen molar-refractivity contribution in [2.45, 2.75) is 13.2 Å². The molecule has 0 spiro atoms. The molecule has 0 bridgehead atoms. The number of benzene rings is 3. The van der Waals surface area contributed by atoms with Gasteiger partial charge in [0.15, 0.2) is 0 Å². The van der Waals surface area contributed by atoms with Gasteiger partial charge in [-0.15, -0.1) is 0 Å². The van der Waals surface area contributed by atoms with Crippen molar-refractivity contribution in [1.82, 2.24) is 5.48 Å². The molecule has 0 saturated carbocycles. The van der Waals surface area contributed by atoms with Crippen LogP contribution in [-0.4, -0.2) is 23.1 Å². The molecule has 152 valence electrons. The molecule has 3 aromatic carbocycles. The van der Waals surface area contributed by atoms with Crippen LogP contribution in [0.5, 0.6) is 0 Å². The number of hydrogen-bond donors (Lipinski definition) is 4. The maximum atomic E-state index is 11.9. The fraction of sp³-hybridized carbons (Fsp3) is 0.0870. The van der Waals surface area contributed by atoms with E-state index in [1.807, 2.05) is 54.6 Å². The van der Waals surface area contributed by atoms with Gasteiger partial charge in [0.2, 0.25) is 0 Å². The van der Waals surface area contributed by atoms with Gasteiger partial charge >= 0.3 is 7.12 Å². The van der Waals surface area contributed by atoms with Crippen LogP contribution in [0.2, 0.25) is 0 Å². The van der Waals surface area contributed by atoms with E-state index in [2.05, 4.69) is 10.8 Å². The van der Waals surface area contributed by atoms with Gasteiger partial charge in [0.05, 0.1) is 6.61 Å². The molecule has 0 radical (unpaired) electrons. The fourth-order valence-corrected chi connectivity index (χ4v) is 2.75. The Balaban J connectivity index is 1.45. The number of anilines is 1. The van der Waals surface area contributed by atoms with Crippen molar-refractivity contribution in [1.29, 1.82) is 0 Å². The van der Waals surface area contributed by atoms with Crippen LogP contribution in [0.1, 0.15) is 16.7 Å². The molecule has 0 saturated heterocycles. The van der Waals surface area contributed by atoms with Crippen LogP contribution in [-0.2, 0) is 22.8 Å². The summed E-state index contributed by atoms with van der Waals surface area (Å²) < 4.78 is 0. The van der Waals surface area contributed by atoms with E-state index in [0.717, 1.165) is 22.4 Å². The van der Waals surface area contributed by atoms with Crippen LogP contribution in [0.3, 0.4) is 0 Å². The lowest BCUT2D eigenvalue weighted by Crippen LogP contribution is -2.29. The first-order chi connectivity index (χ1) is 14.6. The van der Waals surface area contributed by atoms with Gasteiger partial charge in [0, 0.05) is 18.3 Å². The average Bonchev–Trinajstić information content (AvgIpc) is 2.78. The van der Waals surface area contributed by atoms with E-state index in [1.54, 1.807) is 30.3 Å². The van der Waals surface area contributed by atoms with E-state index in [-0.39, 0.29) is 12.5 Å². The Kier molecular flexibility index (Phi) is 7.80. The topological polar surface area (TPSA) is 90.8 Å². The van der Waals surface area contributed by atoms with Gasteiger partial charge in [0.25, 0.3) is 5.91 Å². The Morgan fingerprint density at radius 3 is 2.43 bits per heavy atom. The average molecular weight is 402 g/mol. The first-order valence-electron chi connectivity index (χ1n) is 9.53. The zero-order chi connectivity index (χ0) is 21.2. The number of carbonyl (C=O) groups excluding carboxylic acids is 1. The maximum Gasteiger partial charge on any atom is 0.488 e. The summed E-state index contributed by atoms with van der Waals surface area (Å²) in [5.74, 6) is -0.370. The van der Waals surface area contributed by atoms with Gasteiger partial charge in [-0.25, -0.2) is 5.48 Å². The molecule has 30 heavy (non-hydrogen) atoms. The minimum absolute atomic E-state index is 0.169. The molecule has 0 fully saturated rings. The standard InChI is InChI=1S/C23H23BN2O4/c27-23(26-30-17-19-9-12-21(13-10-19)24(28)29)14-11-18-5-4-6-20(15-18)16-25-22-7-2-1-3-8-22/h1-15,25,28-29H,16-17H2,(H,26,27)/b14-11+. The summed E-state index contributed by atoms with van der Waals surface area (Å²) in [6, 6.07) is 24.5. The smallest absolute Gasteiger partial charge is 0.423 e. The van der Waals surface area contributed by atoms with E-state index in [9.17, 15) is 4.79 Å². The van der Waals surface area contributed by atoms with Crippen molar-refractivity contribution in [3.05, 3.63) is 102 Å². The molecule has 0 aromatic heterocycles. The lowest BCUT2D eigenvalue weighted by Gasteiger charge is -2.07. The summed E-state index contributed by atoms with van der Waals surface area (Å²) in [6.45, 7) is 0.856. The molecule has 3 aromatic rings. The van der Waals surface area contributed by atoms with Crippen molar-refractivity contribution >= 4 is 30.3 Å². The van der Waals surface area contributed by atoms with Gasteiger partial charge in [0.1, 0.15) is 0 Å². The Labute approximate surface area is 175 Å². The van der Waals surface area contributed by atoms with Crippen molar-refractivity contribution < 1.29 is 19.7 Å². The van der Waals surface area contributed by atoms with Gasteiger partial charge in [-0.2, -0.15) is 0 Å². The van der Waals surface area contributed by atoms with Crippen LogP contribution in [0.15, 0.2) is 84.9 Å². The van der Waals surface area contributed by atoms with E-state index in [0.29, 0.717) is 12.0 Å². The summed E-state index contributed by atoms with van der Waals surface area (Å²) in [5, 5.41) is 21.5. The van der Waals surface area contributed by atoms with Crippen LogP contribution in [0.4, 0.5) is 5.69 Å². The van der Waals surface area contributed by atoms with Gasteiger partial charge in [-0.3, -0.25) is 9.63 Å². The van der Waals surface area contributed by atoms with E-state index >= 15 is 0 Å². The van der Waals surface area contributed by atoms with Crippen molar-refractivity contribution in [2.24, 2.45) is 0 Å². The molecule has 7 heteroatoms. The second-order valence-corrected chi connectivity index (χ2v) is 6.67. The molecular weight excluding hydrogens is 379 g/mol. The molecule has 1 amide bonds. The predicted molar refractivity (Wildman–Crippen MR) is 118 cm³/mol. The zero-order valence-corrected chi connectivity index (χ0v) is 16.4. The monoisotopic (exact) mass is 402 g/mol. The van der Waals surface area contributed by atoms with Gasteiger partial charge < -0.3 is 15.4 Å². The molecule has 6 nitrogen and oxygen atoms in total. The summed E-state index contributed by atoms with van der Waals surface area (Å²) in [5.41, 5.74) is 6.62. The Morgan fingerprint density at radius 1 is 0.933 bits per heavy atom. The molecule has 0 aliphatic rings. The zero-order valence-electron chi connectivity index (χ0n) is 16.4. The highest BCUT2D eigenvalue weighted by molar-refractivity contribution is 6.58. The first kappa shape index (κ1) is 21.3. The van der Waals surface area contributed by atoms with Crippen LogP contribution < -0.4 is 16.3 Å². The first-order valence-corrected chi connectivity index (χ1v) is 9.53. The number of carbonyl (C=O) groups is 1. The van der Waals surface area contributed by atoms with Gasteiger partial charge in [-0.05, 0) is 46.4 Å². The largest absolute Gasteiger partial charge is 0.488 e. The highest BCUT2D eigenvalue weighted by Crippen LogP contribution is 2.11. The lowest BCUT2D eigenvalue weighted by molar-refractivity contribution is -0.129. The third-order valence-corrected chi connectivity index (χ3v) is 4.34. The number of hydrogen-bond acceptors (Lipinski definition) is 5. The normalized spacial score (nSPS) is 10.7. The van der Waals surface area contributed by atoms with E-state index < -0.39 is 7.12 Å². The summed E-state index contributed by atoms with van der Waals surface area (Å²) in [6.07, 6.45) is 3.14. The van der Waals surface area contributed by atoms with E-state index in [4.69, 9.17) is 14.9 Å². The molecule has 4 N–H and O–H groups in total. The third kappa shape index (κ3) is 6.90. The Hall–Kier alpha value is -3.39. The molecule has 3 rings (SSSR count). The minimum atomic E-state index is -1.50. The summed E-state index contributed by atoms with van der Waals surface area (Å²) in [7, 11) is -1.50. The van der Waals surface area contributed by atoms with E-state index in [1.165, 1.54) is 6.08 Å². The number of hydroxylamine groups is 1. The Bertz CT molecular complexity index is 976.